The van der Waals surface area contributed by atoms with Gasteiger partial charge in [-0.05, 0) is 30.0 Å². The molecule has 0 radical (unpaired) electrons. The second-order valence-corrected chi connectivity index (χ2v) is 4.53. The van der Waals surface area contributed by atoms with E-state index in [1.54, 1.807) is 12.1 Å². The minimum Gasteiger partial charge on any atom is -0.481 e. The molecule has 3 heteroatoms. The number of halogens is 1. The van der Waals surface area contributed by atoms with Crippen LogP contribution in [0.25, 0.3) is 0 Å². The summed E-state index contributed by atoms with van der Waals surface area (Å²) in [4.78, 5) is 11.3. The summed E-state index contributed by atoms with van der Waals surface area (Å²) < 4.78 is 0. The Morgan fingerprint density at radius 1 is 1.53 bits per heavy atom. The van der Waals surface area contributed by atoms with Crippen molar-refractivity contribution in [3.8, 4) is 0 Å². The van der Waals surface area contributed by atoms with Crippen molar-refractivity contribution in [2.45, 2.75) is 25.2 Å². The number of carboxylic acids is 1. The molecule has 2 unspecified atom stereocenters. The second-order valence-electron chi connectivity index (χ2n) is 4.09. The summed E-state index contributed by atoms with van der Waals surface area (Å²) in [5.74, 6) is -0.437. The van der Waals surface area contributed by atoms with Crippen LogP contribution in [0.2, 0.25) is 5.02 Å². The average Bonchev–Trinajstić information content (AvgIpc) is 2.94. The molecular weight excluding hydrogens is 212 g/mol. The van der Waals surface area contributed by atoms with Gasteiger partial charge in [0.25, 0.3) is 0 Å². The topological polar surface area (TPSA) is 37.3 Å². The summed E-state index contributed by atoms with van der Waals surface area (Å²) >= 11 is 5.78. The molecule has 0 aliphatic heterocycles. The zero-order chi connectivity index (χ0) is 11.1. The van der Waals surface area contributed by atoms with Crippen molar-refractivity contribution in [2.24, 2.45) is 5.92 Å². The first kappa shape index (κ1) is 10.5. The highest BCUT2D eigenvalue weighted by Gasteiger charge is 2.60. The normalized spacial score (nSPS) is 28.8. The van der Waals surface area contributed by atoms with Gasteiger partial charge in [0.05, 0.1) is 5.41 Å². The van der Waals surface area contributed by atoms with E-state index in [0.29, 0.717) is 5.02 Å². The molecule has 80 valence electrons. The van der Waals surface area contributed by atoms with Crippen molar-refractivity contribution >= 4 is 17.6 Å². The number of rotatable bonds is 3. The van der Waals surface area contributed by atoms with E-state index in [2.05, 4.69) is 0 Å². The molecule has 0 saturated heterocycles. The Bertz CT molecular complexity index is 385. The summed E-state index contributed by atoms with van der Waals surface area (Å²) in [5.41, 5.74) is 0.241. The molecule has 2 rings (SSSR count). The first-order chi connectivity index (χ1) is 7.11. The van der Waals surface area contributed by atoms with Gasteiger partial charge in [0.15, 0.2) is 0 Å². The molecule has 0 bridgehead atoms. The third kappa shape index (κ3) is 1.53. The molecular formula is C12H13ClO2. The van der Waals surface area contributed by atoms with Gasteiger partial charge < -0.3 is 5.11 Å². The maximum atomic E-state index is 11.3. The quantitative estimate of drug-likeness (QED) is 0.857. The molecule has 1 aliphatic carbocycles. The molecule has 1 aromatic rings. The van der Waals surface area contributed by atoms with E-state index in [9.17, 15) is 9.90 Å². The van der Waals surface area contributed by atoms with Gasteiger partial charge in [0.2, 0.25) is 0 Å². The Morgan fingerprint density at radius 2 is 2.13 bits per heavy atom. The number of benzene rings is 1. The van der Waals surface area contributed by atoms with Crippen LogP contribution < -0.4 is 0 Å². The van der Waals surface area contributed by atoms with Gasteiger partial charge in [-0.25, -0.2) is 0 Å². The van der Waals surface area contributed by atoms with Gasteiger partial charge in [-0.15, -0.1) is 0 Å². The highest BCUT2D eigenvalue weighted by atomic mass is 35.5. The van der Waals surface area contributed by atoms with Crippen molar-refractivity contribution in [2.75, 3.05) is 0 Å². The minimum absolute atomic E-state index is 0.274. The molecule has 1 saturated carbocycles. The zero-order valence-corrected chi connectivity index (χ0v) is 9.29. The van der Waals surface area contributed by atoms with E-state index in [1.807, 2.05) is 19.1 Å². The highest BCUT2D eigenvalue weighted by Crippen LogP contribution is 2.56. The third-order valence-electron chi connectivity index (χ3n) is 3.34. The molecule has 0 heterocycles. The zero-order valence-electron chi connectivity index (χ0n) is 8.53. The molecule has 0 amide bonds. The molecule has 0 aromatic heterocycles. The Morgan fingerprint density at radius 3 is 2.53 bits per heavy atom. The van der Waals surface area contributed by atoms with Crippen LogP contribution in [0.5, 0.6) is 0 Å². The minimum atomic E-state index is -0.711. The van der Waals surface area contributed by atoms with Crippen LogP contribution in [0.4, 0.5) is 0 Å². The van der Waals surface area contributed by atoms with E-state index in [-0.39, 0.29) is 5.92 Å². The average molecular weight is 225 g/mol. The molecule has 2 atom stereocenters. The lowest BCUT2D eigenvalue weighted by Crippen LogP contribution is -2.22. The molecule has 1 aromatic carbocycles. The largest absolute Gasteiger partial charge is 0.481 e. The van der Waals surface area contributed by atoms with Crippen LogP contribution >= 0.6 is 11.6 Å². The fourth-order valence-electron chi connectivity index (χ4n) is 2.31. The monoisotopic (exact) mass is 224 g/mol. The summed E-state index contributed by atoms with van der Waals surface area (Å²) in [6.07, 6.45) is 1.66. The second kappa shape index (κ2) is 3.53. The van der Waals surface area contributed by atoms with Gasteiger partial charge in [-0.1, -0.05) is 37.1 Å². The van der Waals surface area contributed by atoms with Crippen molar-refractivity contribution < 1.29 is 9.90 Å². The van der Waals surface area contributed by atoms with E-state index in [4.69, 9.17) is 11.6 Å². The number of aliphatic carboxylic acids is 1. The van der Waals surface area contributed by atoms with Gasteiger partial charge in [0, 0.05) is 5.02 Å². The Kier molecular flexibility index (Phi) is 2.47. The molecule has 2 nitrogen and oxygen atoms in total. The molecule has 15 heavy (non-hydrogen) atoms. The SMILES string of the molecule is CCC1CC1(C(=O)O)c1ccc(Cl)cc1. The van der Waals surface area contributed by atoms with Crippen molar-refractivity contribution in [1.29, 1.82) is 0 Å². The third-order valence-corrected chi connectivity index (χ3v) is 3.59. The number of hydrogen-bond donors (Lipinski definition) is 1. The first-order valence-electron chi connectivity index (χ1n) is 5.10. The van der Waals surface area contributed by atoms with Gasteiger partial charge in [-0.3, -0.25) is 4.79 Å². The first-order valence-corrected chi connectivity index (χ1v) is 5.48. The van der Waals surface area contributed by atoms with Gasteiger partial charge in [-0.2, -0.15) is 0 Å². The number of carboxylic acid groups (broad SMARTS) is 1. The number of carbonyl (C=O) groups is 1. The van der Waals surface area contributed by atoms with E-state index in [0.717, 1.165) is 18.4 Å². The standard InChI is InChI=1S/C12H13ClO2/c1-2-8-7-12(8,11(14)15)9-3-5-10(13)6-4-9/h3-6,8H,2,7H2,1H3,(H,14,15). The van der Waals surface area contributed by atoms with E-state index >= 15 is 0 Å². The maximum absolute atomic E-state index is 11.3. The fraction of sp³-hybridized carbons (Fsp3) is 0.417. The molecule has 1 aliphatic rings. The maximum Gasteiger partial charge on any atom is 0.314 e. The van der Waals surface area contributed by atoms with Crippen LogP contribution in [-0.2, 0) is 10.2 Å². The van der Waals surface area contributed by atoms with Gasteiger partial charge in [0.1, 0.15) is 0 Å². The molecule has 0 spiro atoms. The van der Waals surface area contributed by atoms with E-state index in [1.165, 1.54) is 0 Å². The Hall–Kier alpha value is -1.02. The summed E-state index contributed by atoms with van der Waals surface area (Å²) in [5, 5.41) is 9.94. The van der Waals surface area contributed by atoms with Crippen molar-refractivity contribution in [3.05, 3.63) is 34.9 Å². The number of hydrogen-bond acceptors (Lipinski definition) is 1. The highest BCUT2D eigenvalue weighted by molar-refractivity contribution is 6.30. The summed E-state index contributed by atoms with van der Waals surface area (Å²) in [7, 11) is 0. The molecule has 1 fully saturated rings. The fourth-order valence-corrected chi connectivity index (χ4v) is 2.43. The lowest BCUT2D eigenvalue weighted by atomic mass is 9.92. The van der Waals surface area contributed by atoms with Gasteiger partial charge >= 0.3 is 5.97 Å². The van der Waals surface area contributed by atoms with Crippen LogP contribution in [0.3, 0.4) is 0 Å². The predicted octanol–water partition coefficient (Wildman–Crippen LogP) is 3.09. The van der Waals surface area contributed by atoms with Crippen LogP contribution in [-0.4, -0.2) is 11.1 Å². The lowest BCUT2D eigenvalue weighted by molar-refractivity contribution is -0.140. The van der Waals surface area contributed by atoms with Crippen molar-refractivity contribution in [3.63, 3.8) is 0 Å². The Labute approximate surface area is 93.9 Å². The predicted molar refractivity (Wildman–Crippen MR) is 59.2 cm³/mol. The van der Waals surface area contributed by atoms with Crippen LogP contribution in [0.15, 0.2) is 24.3 Å². The van der Waals surface area contributed by atoms with Crippen LogP contribution in [0.1, 0.15) is 25.3 Å². The van der Waals surface area contributed by atoms with Crippen LogP contribution in [0, 0.1) is 5.92 Å². The smallest absolute Gasteiger partial charge is 0.314 e. The Balaban J connectivity index is 2.36. The lowest BCUT2D eigenvalue weighted by Gasteiger charge is -2.12. The summed E-state index contributed by atoms with van der Waals surface area (Å²) in [6, 6.07) is 7.16. The van der Waals surface area contributed by atoms with Crippen molar-refractivity contribution in [1.82, 2.24) is 0 Å². The summed E-state index contributed by atoms with van der Waals surface area (Å²) in [6.45, 7) is 2.03. The van der Waals surface area contributed by atoms with E-state index < -0.39 is 11.4 Å². The molecule has 1 N–H and O–H groups in total.